The number of halogens is 1. The van der Waals surface area contributed by atoms with Crippen LogP contribution >= 0.6 is 11.6 Å². The molecule has 0 saturated carbocycles. The van der Waals surface area contributed by atoms with Gasteiger partial charge in [-0.25, -0.2) is 0 Å². The summed E-state index contributed by atoms with van der Waals surface area (Å²) in [7, 11) is 0. The van der Waals surface area contributed by atoms with E-state index in [2.05, 4.69) is 5.32 Å². The fourth-order valence-electron chi connectivity index (χ4n) is 2.56. The lowest BCUT2D eigenvalue weighted by molar-refractivity contribution is -0.135. The lowest BCUT2D eigenvalue weighted by atomic mass is 10.1. The van der Waals surface area contributed by atoms with Gasteiger partial charge in [-0.15, -0.1) is 0 Å². The van der Waals surface area contributed by atoms with Gasteiger partial charge in [-0.2, -0.15) is 0 Å². The third-order valence-electron chi connectivity index (χ3n) is 3.73. The Bertz CT molecular complexity index is 531. The first kappa shape index (κ1) is 14.9. The van der Waals surface area contributed by atoms with Gasteiger partial charge in [0, 0.05) is 24.5 Å². The van der Waals surface area contributed by atoms with Crippen LogP contribution in [0.4, 0.5) is 0 Å². The predicted octanol–water partition coefficient (Wildman–Crippen LogP) is 2.28. The highest BCUT2D eigenvalue weighted by Crippen LogP contribution is 2.19. The summed E-state index contributed by atoms with van der Waals surface area (Å²) >= 11 is 5.91. The van der Waals surface area contributed by atoms with Crippen molar-refractivity contribution in [2.45, 2.75) is 39.3 Å². The molecular formula is C15H19ClN2O2. The number of amides is 2. The molecule has 4 nitrogen and oxygen atoms in total. The van der Waals surface area contributed by atoms with Crippen LogP contribution in [-0.2, 0) is 16.1 Å². The van der Waals surface area contributed by atoms with Crippen LogP contribution < -0.4 is 5.32 Å². The highest BCUT2D eigenvalue weighted by Gasteiger charge is 2.34. The molecule has 20 heavy (non-hydrogen) atoms. The molecule has 1 atom stereocenters. The zero-order valence-corrected chi connectivity index (χ0v) is 12.5. The Morgan fingerprint density at radius 2 is 2.25 bits per heavy atom. The van der Waals surface area contributed by atoms with E-state index in [0.717, 1.165) is 11.1 Å². The van der Waals surface area contributed by atoms with Crippen LogP contribution in [0.5, 0.6) is 0 Å². The predicted molar refractivity (Wildman–Crippen MR) is 78.4 cm³/mol. The van der Waals surface area contributed by atoms with Gasteiger partial charge in [0.1, 0.15) is 6.04 Å². The summed E-state index contributed by atoms with van der Waals surface area (Å²) in [6, 6.07) is 5.28. The SMILES string of the molecule is CCN1C(=O)CC[C@@H]1C(=O)NCc1ccc(Cl)cc1C. The van der Waals surface area contributed by atoms with Gasteiger partial charge in [-0.3, -0.25) is 9.59 Å². The van der Waals surface area contributed by atoms with Crippen molar-refractivity contribution in [1.29, 1.82) is 0 Å². The lowest BCUT2D eigenvalue weighted by Crippen LogP contribution is -2.44. The molecular weight excluding hydrogens is 276 g/mol. The number of carbonyl (C=O) groups excluding carboxylic acids is 2. The van der Waals surface area contributed by atoms with Crippen molar-refractivity contribution in [3.8, 4) is 0 Å². The summed E-state index contributed by atoms with van der Waals surface area (Å²) in [5, 5.41) is 3.60. The second kappa shape index (κ2) is 6.27. The number of hydrogen-bond donors (Lipinski definition) is 1. The molecule has 0 aromatic heterocycles. The van der Waals surface area contributed by atoms with E-state index in [1.807, 2.05) is 32.0 Å². The molecule has 1 aromatic rings. The smallest absolute Gasteiger partial charge is 0.243 e. The van der Waals surface area contributed by atoms with E-state index in [1.165, 1.54) is 0 Å². The van der Waals surface area contributed by atoms with Gasteiger partial charge in [0.15, 0.2) is 0 Å². The molecule has 2 amide bonds. The van der Waals surface area contributed by atoms with Crippen molar-refractivity contribution < 1.29 is 9.59 Å². The summed E-state index contributed by atoms with van der Waals surface area (Å²) < 4.78 is 0. The van der Waals surface area contributed by atoms with Crippen LogP contribution in [0.25, 0.3) is 0 Å². The molecule has 0 unspecified atom stereocenters. The summed E-state index contributed by atoms with van der Waals surface area (Å²) in [5.74, 6) is -0.0117. The summed E-state index contributed by atoms with van der Waals surface area (Å²) in [6.07, 6.45) is 1.07. The number of rotatable bonds is 4. The van der Waals surface area contributed by atoms with Crippen molar-refractivity contribution >= 4 is 23.4 Å². The van der Waals surface area contributed by atoms with Gasteiger partial charge >= 0.3 is 0 Å². The van der Waals surface area contributed by atoms with Gasteiger partial charge in [0.05, 0.1) is 0 Å². The minimum atomic E-state index is -0.319. The topological polar surface area (TPSA) is 49.4 Å². The number of likely N-dealkylation sites (N-methyl/N-ethyl adjacent to an activating group) is 1. The maximum absolute atomic E-state index is 12.2. The summed E-state index contributed by atoms with van der Waals surface area (Å²) in [6.45, 7) is 4.90. The van der Waals surface area contributed by atoms with E-state index in [-0.39, 0.29) is 17.9 Å². The Morgan fingerprint density at radius 1 is 1.50 bits per heavy atom. The normalized spacial score (nSPS) is 18.4. The number of carbonyl (C=O) groups is 2. The van der Waals surface area contributed by atoms with Gasteiger partial charge in [0.2, 0.25) is 11.8 Å². The molecule has 0 bridgehead atoms. The Labute approximate surface area is 124 Å². The largest absolute Gasteiger partial charge is 0.350 e. The zero-order valence-electron chi connectivity index (χ0n) is 11.8. The van der Waals surface area contributed by atoms with E-state index in [9.17, 15) is 9.59 Å². The maximum atomic E-state index is 12.2. The maximum Gasteiger partial charge on any atom is 0.243 e. The lowest BCUT2D eigenvalue weighted by Gasteiger charge is -2.22. The molecule has 0 radical (unpaired) electrons. The fourth-order valence-corrected chi connectivity index (χ4v) is 2.79. The van der Waals surface area contributed by atoms with Crippen molar-refractivity contribution in [3.63, 3.8) is 0 Å². The number of likely N-dealkylation sites (tertiary alicyclic amines) is 1. The molecule has 108 valence electrons. The standard InChI is InChI=1S/C15H19ClN2O2/c1-3-18-13(6-7-14(18)19)15(20)17-9-11-4-5-12(16)8-10(11)2/h4-5,8,13H,3,6-7,9H2,1-2H3,(H,17,20)/t13-/m1/s1. The summed E-state index contributed by atoms with van der Waals surface area (Å²) in [5.41, 5.74) is 2.09. The Hall–Kier alpha value is -1.55. The number of hydrogen-bond acceptors (Lipinski definition) is 2. The molecule has 1 fully saturated rings. The molecule has 1 aromatic carbocycles. The average Bonchev–Trinajstić information content (AvgIpc) is 2.78. The Balaban J connectivity index is 1.97. The van der Waals surface area contributed by atoms with E-state index in [1.54, 1.807) is 4.90 Å². The number of aryl methyl sites for hydroxylation is 1. The van der Waals surface area contributed by atoms with Crippen LogP contribution in [0.3, 0.4) is 0 Å². The monoisotopic (exact) mass is 294 g/mol. The van der Waals surface area contributed by atoms with Crippen molar-refractivity contribution in [2.75, 3.05) is 6.54 Å². The second-order valence-electron chi connectivity index (χ2n) is 5.02. The molecule has 5 heteroatoms. The van der Waals surface area contributed by atoms with E-state index < -0.39 is 0 Å². The van der Waals surface area contributed by atoms with Crippen LogP contribution in [0.2, 0.25) is 5.02 Å². The average molecular weight is 295 g/mol. The highest BCUT2D eigenvalue weighted by atomic mass is 35.5. The van der Waals surface area contributed by atoms with Crippen LogP contribution in [0, 0.1) is 6.92 Å². The van der Waals surface area contributed by atoms with Gasteiger partial charge < -0.3 is 10.2 Å². The van der Waals surface area contributed by atoms with Crippen molar-refractivity contribution in [3.05, 3.63) is 34.3 Å². The Kier molecular flexibility index (Phi) is 4.65. The molecule has 0 aliphatic carbocycles. The number of nitrogens with one attached hydrogen (secondary N) is 1. The molecule has 1 aliphatic heterocycles. The molecule has 1 aliphatic rings. The molecule has 1 N–H and O–H groups in total. The quantitative estimate of drug-likeness (QED) is 0.926. The number of nitrogens with zero attached hydrogens (tertiary/aromatic N) is 1. The molecule has 0 spiro atoms. The van der Waals surface area contributed by atoms with Crippen LogP contribution in [0.15, 0.2) is 18.2 Å². The second-order valence-corrected chi connectivity index (χ2v) is 5.46. The molecule has 2 rings (SSSR count). The van der Waals surface area contributed by atoms with Crippen LogP contribution in [0.1, 0.15) is 30.9 Å². The minimum Gasteiger partial charge on any atom is -0.350 e. The first-order chi connectivity index (χ1) is 9.52. The zero-order chi connectivity index (χ0) is 14.7. The summed E-state index contributed by atoms with van der Waals surface area (Å²) in [4.78, 5) is 25.4. The van der Waals surface area contributed by atoms with Crippen LogP contribution in [-0.4, -0.2) is 29.3 Å². The first-order valence-corrected chi connectivity index (χ1v) is 7.23. The molecule has 1 saturated heterocycles. The number of benzene rings is 1. The van der Waals surface area contributed by atoms with Gasteiger partial charge in [0.25, 0.3) is 0 Å². The fraction of sp³-hybridized carbons (Fsp3) is 0.467. The minimum absolute atomic E-state index is 0.0651. The van der Waals surface area contributed by atoms with Crippen molar-refractivity contribution in [2.24, 2.45) is 0 Å². The van der Waals surface area contributed by atoms with Gasteiger partial charge in [-0.05, 0) is 43.5 Å². The highest BCUT2D eigenvalue weighted by molar-refractivity contribution is 6.30. The van der Waals surface area contributed by atoms with Gasteiger partial charge in [-0.1, -0.05) is 17.7 Å². The third-order valence-corrected chi connectivity index (χ3v) is 3.96. The molecule has 1 heterocycles. The van der Waals surface area contributed by atoms with E-state index in [0.29, 0.717) is 31.0 Å². The first-order valence-electron chi connectivity index (χ1n) is 6.85. The van der Waals surface area contributed by atoms with E-state index >= 15 is 0 Å². The third kappa shape index (κ3) is 3.12. The Morgan fingerprint density at radius 3 is 2.90 bits per heavy atom. The van der Waals surface area contributed by atoms with Crippen molar-refractivity contribution in [1.82, 2.24) is 10.2 Å². The van der Waals surface area contributed by atoms with E-state index in [4.69, 9.17) is 11.6 Å².